The van der Waals surface area contributed by atoms with E-state index in [2.05, 4.69) is 6.58 Å². The molecule has 0 heterocycles. The lowest BCUT2D eigenvalue weighted by atomic mass is 9.83. The predicted molar refractivity (Wildman–Crippen MR) is 57.9 cm³/mol. The molecule has 1 N–H and O–H groups in total. The average molecular weight is 234 g/mol. The summed E-state index contributed by atoms with van der Waals surface area (Å²) in [4.78, 5) is 0. The Morgan fingerprint density at radius 2 is 2.20 bits per heavy atom. The first-order valence-electron chi connectivity index (χ1n) is 5.09. The molecule has 88 valence electrons. The molecule has 0 amide bonds. The van der Waals surface area contributed by atoms with Crippen molar-refractivity contribution in [3.05, 3.63) is 12.7 Å². The predicted octanol–water partition coefficient (Wildman–Crippen LogP) is 1.07. The maximum Gasteiger partial charge on any atom is 0.264 e. The normalized spacial score (nSPS) is 32.5. The smallest absolute Gasteiger partial charge is 0.264 e. The van der Waals surface area contributed by atoms with Crippen molar-refractivity contribution in [3.63, 3.8) is 0 Å². The fourth-order valence-electron chi connectivity index (χ4n) is 2.02. The minimum atomic E-state index is -3.41. The van der Waals surface area contributed by atoms with Crippen molar-refractivity contribution in [2.24, 2.45) is 5.92 Å². The largest absolute Gasteiger partial charge is 0.393 e. The van der Waals surface area contributed by atoms with Gasteiger partial charge in [-0.05, 0) is 31.6 Å². The Balaban J connectivity index is 2.64. The van der Waals surface area contributed by atoms with Gasteiger partial charge in [0.15, 0.2) is 0 Å². The Morgan fingerprint density at radius 1 is 1.53 bits per heavy atom. The highest BCUT2D eigenvalue weighted by atomic mass is 32.2. The lowest BCUT2D eigenvalue weighted by molar-refractivity contribution is 0.0254. The summed E-state index contributed by atoms with van der Waals surface area (Å²) in [5.74, 6) is 0.0565. The molecule has 1 aliphatic carbocycles. The van der Waals surface area contributed by atoms with E-state index in [9.17, 15) is 13.5 Å². The van der Waals surface area contributed by atoms with E-state index in [1.54, 1.807) is 6.08 Å². The van der Waals surface area contributed by atoms with Gasteiger partial charge >= 0.3 is 0 Å². The molecule has 0 aromatic carbocycles. The summed E-state index contributed by atoms with van der Waals surface area (Å²) in [6, 6.07) is 0. The maximum atomic E-state index is 11.0. The summed E-state index contributed by atoms with van der Waals surface area (Å²) in [5.41, 5.74) is 0. The number of allylic oxidation sites excluding steroid dienone is 1. The molecule has 4 nitrogen and oxygen atoms in total. The molecule has 1 saturated carbocycles. The second kappa shape index (κ2) is 5.09. The highest BCUT2D eigenvalue weighted by molar-refractivity contribution is 7.86. The van der Waals surface area contributed by atoms with Gasteiger partial charge in [-0.15, -0.1) is 6.58 Å². The van der Waals surface area contributed by atoms with E-state index >= 15 is 0 Å². The summed E-state index contributed by atoms with van der Waals surface area (Å²) < 4.78 is 27.0. The number of hydrogen-bond donors (Lipinski definition) is 1. The Hall–Kier alpha value is -0.390. The summed E-state index contributed by atoms with van der Waals surface area (Å²) in [6.07, 6.45) is 4.62. The standard InChI is InChI=1S/C10H18O4S/c1-3-4-8-7-9(11)5-6-10(8)14-15(2,12)13/h3,8-11H,1,4-7H2,2H3. The molecule has 1 aliphatic rings. The van der Waals surface area contributed by atoms with Gasteiger partial charge in [-0.25, -0.2) is 0 Å². The highest BCUT2D eigenvalue weighted by Gasteiger charge is 2.31. The molecule has 1 fully saturated rings. The van der Waals surface area contributed by atoms with E-state index in [1.807, 2.05) is 0 Å². The van der Waals surface area contributed by atoms with Gasteiger partial charge in [0.2, 0.25) is 0 Å². The van der Waals surface area contributed by atoms with Crippen molar-refractivity contribution >= 4 is 10.1 Å². The van der Waals surface area contributed by atoms with Crippen LogP contribution in [0.15, 0.2) is 12.7 Å². The summed E-state index contributed by atoms with van der Waals surface area (Å²) in [6.45, 7) is 3.62. The molecule has 0 bridgehead atoms. The quantitative estimate of drug-likeness (QED) is 0.584. The SMILES string of the molecule is C=CCC1CC(O)CCC1OS(C)(=O)=O. The van der Waals surface area contributed by atoms with Crippen LogP contribution < -0.4 is 0 Å². The highest BCUT2D eigenvalue weighted by Crippen LogP contribution is 2.30. The summed E-state index contributed by atoms with van der Waals surface area (Å²) in [5, 5.41) is 9.48. The van der Waals surface area contributed by atoms with E-state index < -0.39 is 10.1 Å². The fourth-order valence-corrected chi connectivity index (χ4v) is 2.73. The van der Waals surface area contributed by atoms with Gasteiger partial charge in [0.25, 0.3) is 10.1 Å². The molecule has 15 heavy (non-hydrogen) atoms. The molecule has 5 heteroatoms. The van der Waals surface area contributed by atoms with Crippen molar-refractivity contribution in [2.45, 2.75) is 37.9 Å². The van der Waals surface area contributed by atoms with E-state index in [0.29, 0.717) is 25.7 Å². The molecule has 0 aromatic heterocycles. The van der Waals surface area contributed by atoms with Crippen LogP contribution in [-0.2, 0) is 14.3 Å². The first kappa shape index (κ1) is 12.7. The van der Waals surface area contributed by atoms with E-state index in [4.69, 9.17) is 4.18 Å². The third-order valence-electron chi connectivity index (χ3n) is 2.65. The lowest BCUT2D eigenvalue weighted by Crippen LogP contribution is -2.34. The minimum absolute atomic E-state index is 0.0565. The zero-order valence-corrected chi connectivity index (χ0v) is 9.74. The van der Waals surface area contributed by atoms with Crippen LogP contribution in [0, 0.1) is 5.92 Å². The van der Waals surface area contributed by atoms with Crippen LogP contribution in [0.2, 0.25) is 0 Å². The zero-order valence-electron chi connectivity index (χ0n) is 8.93. The van der Waals surface area contributed by atoms with Gasteiger partial charge in [-0.1, -0.05) is 6.08 Å². The second-order valence-corrected chi connectivity index (χ2v) is 5.69. The van der Waals surface area contributed by atoms with Gasteiger partial charge in [-0.2, -0.15) is 8.42 Å². The van der Waals surface area contributed by atoms with Crippen molar-refractivity contribution in [2.75, 3.05) is 6.26 Å². The second-order valence-electron chi connectivity index (χ2n) is 4.09. The summed E-state index contributed by atoms with van der Waals surface area (Å²) >= 11 is 0. The molecular formula is C10H18O4S. The number of aliphatic hydroxyl groups is 1. The maximum absolute atomic E-state index is 11.0. The third-order valence-corrected chi connectivity index (χ3v) is 3.25. The number of aliphatic hydroxyl groups excluding tert-OH is 1. The molecule has 3 atom stereocenters. The third kappa shape index (κ3) is 4.32. The molecule has 0 radical (unpaired) electrons. The van der Waals surface area contributed by atoms with Crippen LogP contribution in [0.4, 0.5) is 0 Å². The molecule has 0 saturated heterocycles. The van der Waals surface area contributed by atoms with Crippen molar-refractivity contribution in [1.29, 1.82) is 0 Å². The Morgan fingerprint density at radius 3 is 2.73 bits per heavy atom. The van der Waals surface area contributed by atoms with Gasteiger partial charge in [0.1, 0.15) is 0 Å². The molecule has 0 aliphatic heterocycles. The molecule has 1 rings (SSSR count). The lowest BCUT2D eigenvalue weighted by Gasteiger charge is -2.32. The first-order valence-corrected chi connectivity index (χ1v) is 6.91. The first-order chi connectivity index (χ1) is 6.92. The summed E-state index contributed by atoms with van der Waals surface area (Å²) in [7, 11) is -3.41. The van der Waals surface area contributed by atoms with Crippen LogP contribution in [0.5, 0.6) is 0 Å². The topological polar surface area (TPSA) is 63.6 Å². The molecular weight excluding hydrogens is 216 g/mol. The van der Waals surface area contributed by atoms with Crippen molar-refractivity contribution in [3.8, 4) is 0 Å². The Kier molecular flexibility index (Phi) is 4.31. The molecule has 0 spiro atoms. The van der Waals surface area contributed by atoms with E-state index in [-0.39, 0.29) is 18.1 Å². The van der Waals surface area contributed by atoms with E-state index in [1.165, 1.54) is 0 Å². The number of rotatable bonds is 4. The van der Waals surface area contributed by atoms with Crippen LogP contribution in [0.25, 0.3) is 0 Å². The van der Waals surface area contributed by atoms with Crippen molar-refractivity contribution < 1.29 is 17.7 Å². The minimum Gasteiger partial charge on any atom is -0.393 e. The van der Waals surface area contributed by atoms with Crippen LogP contribution >= 0.6 is 0 Å². The average Bonchev–Trinajstić information content (AvgIpc) is 2.08. The van der Waals surface area contributed by atoms with Gasteiger partial charge in [0, 0.05) is 0 Å². The van der Waals surface area contributed by atoms with Gasteiger partial charge in [-0.3, -0.25) is 4.18 Å². The zero-order chi connectivity index (χ0) is 11.5. The number of hydrogen-bond acceptors (Lipinski definition) is 4. The Bertz CT molecular complexity index is 309. The molecule has 3 unspecified atom stereocenters. The van der Waals surface area contributed by atoms with Gasteiger partial charge < -0.3 is 5.11 Å². The monoisotopic (exact) mass is 234 g/mol. The van der Waals surface area contributed by atoms with Crippen LogP contribution in [-0.4, -0.2) is 32.0 Å². The van der Waals surface area contributed by atoms with Crippen LogP contribution in [0.1, 0.15) is 25.7 Å². The Labute approximate surface area is 91.1 Å². The van der Waals surface area contributed by atoms with Gasteiger partial charge in [0.05, 0.1) is 18.5 Å². The van der Waals surface area contributed by atoms with Crippen LogP contribution in [0.3, 0.4) is 0 Å². The van der Waals surface area contributed by atoms with E-state index in [0.717, 1.165) is 6.26 Å². The molecule has 0 aromatic rings. The van der Waals surface area contributed by atoms with Crippen molar-refractivity contribution in [1.82, 2.24) is 0 Å². The fraction of sp³-hybridized carbons (Fsp3) is 0.800.